The van der Waals surface area contributed by atoms with Crippen molar-refractivity contribution in [2.24, 2.45) is 11.8 Å². The van der Waals surface area contributed by atoms with Crippen molar-refractivity contribution < 1.29 is 0 Å². The molecule has 0 spiro atoms. The number of nitrogens with one attached hydrogen (secondary N) is 1. The summed E-state index contributed by atoms with van der Waals surface area (Å²) in [6.07, 6.45) is 1.41. The van der Waals surface area contributed by atoms with Crippen molar-refractivity contribution in [1.29, 1.82) is 0 Å². The average Bonchev–Trinajstić information content (AvgIpc) is 3.05. The fraction of sp³-hybridized carbons (Fsp3) is 0.625. The normalized spacial score (nSPS) is 21.9. The molecular formula is C16H25BrN2. The number of halogens is 1. The predicted octanol–water partition coefficient (Wildman–Crippen LogP) is 3.65. The fourth-order valence-corrected chi connectivity index (χ4v) is 3.06. The quantitative estimate of drug-likeness (QED) is 0.823. The zero-order valence-corrected chi connectivity index (χ0v) is 13.8. The van der Waals surface area contributed by atoms with Gasteiger partial charge in [-0.1, -0.05) is 41.9 Å². The number of hydrogen-bond acceptors (Lipinski definition) is 2. The number of rotatable bonds is 7. The minimum Gasteiger partial charge on any atom is -0.313 e. The molecule has 1 aromatic carbocycles. The van der Waals surface area contributed by atoms with Crippen LogP contribution in [0.15, 0.2) is 22.7 Å². The van der Waals surface area contributed by atoms with Gasteiger partial charge in [-0.2, -0.15) is 0 Å². The Kier molecular flexibility index (Phi) is 5.43. The van der Waals surface area contributed by atoms with Crippen LogP contribution in [0.3, 0.4) is 0 Å². The van der Waals surface area contributed by atoms with Crippen molar-refractivity contribution in [1.82, 2.24) is 10.2 Å². The van der Waals surface area contributed by atoms with Gasteiger partial charge in [0.25, 0.3) is 0 Å². The van der Waals surface area contributed by atoms with Crippen molar-refractivity contribution in [2.75, 3.05) is 20.1 Å². The van der Waals surface area contributed by atoms with Gasteiger partial charge in [0.05, 0.1) is 0 Å². The Bertz CT molecular complexity index is 419. The second-order valence-corrected chi connectivity index (χ2v) is 6.73. The molecule has 1 saturated carbocycles. The van der Waals surface area contributed by atoms with Crippen LogP contribution in [0.25, 0.3) is 0 Å². The van der Waals surface area contributed by atoms with E-state index < -0.39 is 0 Å². The molecule has 0 radical (unpaired) electrons. The monoisotopic (exact) mass is 324 g/mol. The molecule has 1 aromatic rings. The highest BCUT2D eigenvalue weighted by molar-refractivity contribution is 9.10. The lowest BCUT2D eigenvalue weighted by molar-refractivity contribution is 0.307. The maximum atomic E-state index is 3.71. The van der Waals surface area contributed by atoms with Gasteiger partial charge in [-0.25, -0.2) is 0 Å². The Hall–Kier alpha value is -0.380. The lowest BCUT2D eigenvalue weighted by atomic mass is 10.1. The van der Waals surface area contributed by atoms with Crippen LogP contribution >= 0.6 is 15.9 Å². The van der Waals surface area contributed by atoms with E-state index in [0.717, 1.165) is 31.5 Å². The highest BCUT2D eigenvalue weighted by Gasteiger charge is 2.33. The summed E-state index contributed by atoms with van der Waals surface area (Å²) in [5.74, 6) is 1.87. The van der Waals surface area contributed by atoms with Crippen molar-refractivity contribution in [2.45, 2.75) is 33.4 Å². The number of hydrogen-bond donors (Lipinski definition) is 1. The van der Waals surface area contributed by atoms with Gasteiger partial charge in [0, 0.05) is 24.1 Å². The molecule has 1 aliphatic rings. The molecule has 0 aromatic heterocycles. The second kappa shape index (κ2) is 6.87. The summed E-state index contributed by atoms with van der Waals surface area (Å²) in [6.45, 7) is 8.71. The number of nitrogens with zero attached hydrogens (tertiary/aromatic N) is 1. The molecule has 2 atom stereocenters. The lowest BCUT2D eigenvalue weighted by Gasteiger charge is -2.18. The Labute approximate surface area is 125 Å². The van der Waals surface area contributed by atoms with Crippen LogP contribution in [0.2, 0.25) is 0 Å². The van der Waals surface area contributed by atoms with Gasteiger partial charge in [0.15, 0.2) is 0 Å². The minimum atomic E-state index is 0.928. The van der Waals surface area contributed by atoms with Crippen LogP contribution in [0.5, 0.6) is 0 Å². The van der Waals surface area contributed by atoms with E-state index in [1.54, 1.807) is 0 Å². The van der Waals surface area contributed by atoms with Gasteiger partial charge in [0.2, 0.25) is 0 Å². The predicted molar refractivity (Wildman–Crippen MR) is 85.1 cm³/mol. The fourth-order valence-electron chi connectivity index (χ4n) is 2.51. The summed E-state index contributed by atoms with van der Waals surface area (Å²) in [6, 6.07) is 6.73. The molecule has 1 N–H and O–H groups in total. The first kappa shape index (κ1) is 15.0. The first-order valence-electron chi connectivity index (χ1n) is 7.26. The third-order valence-corrected chi connectivity index (χ3v) is 4.70. The highest BCUT2D eigenvalue weighted by atomic mass is 79.9. The van der Waals surface area contributed by atoms with Gasteiger partial charge in [-0.05, 0) is 49.0 Å². The molecule has 19 heavy (non-hydrogen) atoms. The second-order valence-electron chi connectivity index (χ2n) is 5.88. The van der Waals surface area contributed by atoms with E-state index in [0.29, 0.717) is 0 Å². The molecule has 1 aliphatic carbocycles. The van der Waals surface area contributed by atoms with Crippen molar-refractivity contribution in [3.05, 3.63) is 33.8 Å². The van der Waals surface area contributed by atoms with Crippen molar-refractivity contribution >= 4 is 15.9 Å². The van der Waals surface area contributed by atoms with Crippen LogP contribution in [0.1, 0.15) is 31.4 Å². The maximum Gasteiger partial charge on any atom is 0.0242 e. The first-order valence-corrected chi connectivity index (χ1v) is 8.06. The van der Waals surface area contributed by atoms with E-state index in [4.69, 9.17) is 0 Å². The number of benzene rings is 1. The molecule has 2 unspecified atom stereocenters. The van der Waals surface area contributed by atoms with E-state index in [1.807, 2.05) is 0 Å². The zero-order valence-electron chi connectivity index (χ0n) is 12.2. The molecule has 106 valence electrons. The molecule has 0 bridgehead atoms. The Morgan fingerprint density at radius 2 is 2.16 bits per heavy atom. The zero-order chi connectivity index (χ0) is 13.8. The molecule has 1 fully saturated rings. The van der Waals surface area contributed by atoms with E-state index in [1.165, 1.54) is 28.6 Å². The molecular weight excluding hydrogens is 300 g/mol. The molecule has 0 heterocycles. The summed E-state index contributed by atoms with van der Waals surface area (Å²) >= 11 is 3.71. The summed E-state index contributed by atoms with van der Waals surface area (Å²) in [7, 11) is 2.23. The Balaban J connectivity index is 1.88. The van der Waals surface area contributed by atoms with Crippen LogP contribution in [-0.2, 0) is 13.1 Å². The maximum absolute atomic E-state index is 3.71. The summed E-state index contributed by atoms with van der Waals surface area (Å²) in [5, 5.41) is 3.36. The van der Waals surface area contributed by atoms with Crippen molar-refractivity contribution in [3.63, 3.8) is 0 Å². The smallest absolute Gasteiger partial charge is 0.0242 e. The summed E-state index contributed by atoms with van der Waals surface area (Å²) < 4.78 is 1.23. The molecule has 0 amide bonds. The van der Waals surface area contributed by atoms with Gasteiger partial charge in [-0.15, -0.1) is 0 Å². The molecule has 0 saturated heterocycles. The third-order valence-electron chi connectivity index (χ3n) is 3.96. The van der Waals surface area contributed by atoms with Gasteiger partial charge in [-0.3, -0.25) is 0 Å². The highest BCUT2D eigenvalue weighted by Crippen LogP contribution is 2.38. The van der Waals surface area contributed by atoms with E-state index >= 15 is 0 Å². The summed E-state index contributed by atoms with van der Waals surface area (Å²) in [4.78, 5) is 2.44. The van der Waals surface area contributed by atoms with E-state index in [9.17, 15) is 0 Å². The van der Waals surface area contributed by atoms with Crippen LogP contribution in [-0.4, -0.2) is 25.0 Å². The largest absolute Gasteiger partial charge is 0.313 e. The summed E-state index contributed by atoms with van der Waals surface area (Å²) in [5.41, 5.74) is 2.73. The van der Waals surface area contributed by atoms with Crippen LogP contribution in [0, 0.1) is 11.8 Å². The first-order chi connectivity index (χ1) is 9.10. The molecule has 0 aliphatic heterocycles. The Morgan fingerprint density at radius 3 is 2.74 bits per heavy atom. The van der Waals surface area contributed by atoms with Crippen LogP contribution < -0.4 is 5.32 Å². The molecule has 3 heteroatoms. The molecule has 2 rings (SSSR count). The minimum absolute atomic E-state index is 0.928. The topological polar surface area (TPSA) is 15.3 Å². The van der Waals surface area contributed by atoms with Crippen molar-refractivity contribution in [3.8, 4) is 0 Å². The van der Waals surface area contributed by atoms with Gasteiger partial charge in [0.1, 0.15) is 0 Å². The van der Waals surface area contributed by atoms with E-state index in [2.05, 4.69) is 65.2 Å². The third kappa shape index (κ3) is 4.59. The Morgan fingerprint density at radius 1 is 1.42 bits per heavy atom. The molecule has 2 nitrogen and oxygen atoms in total. The SMILES string of the molecule is CCNCc1ccc(CN(C)CC2CC2C)c(Br)c1. The lowest BCUT2D eigenvalue weighted by Crippen LogP contribution is -2.21. The van der Waals surface area contributed by atoms with E-state index in [-0.39, 0.29) is 0 Å². The van der Waals surface area contributed by atoms with Crippen LogP contribution in [0.4, 0.5) is 0 Å². The standard InChI is InChI=1S/C16H25BrN2/c1-4-18-9-13-5-6-14(16(17)8-13)10-19(3)11-15-7-12(15)2/h5-6,8,12,15,18H,4,7,9-11H2,1-3H3. The van der Waals surface area contributed by atoms with Gasteiger partial charge < -0.3 is 10.2 Å². The average molecular weight is 325 g/mol. The van der Waals surface area contributed by atoms with Gasteiger partial charge >= 0.3 is 0 Å².